The van der Waals surface area contributed by atoms with Crippen LogP contribution in [0.1, 0.15) is 29.6 Å². The van der Waals surface area contributed by atoms with Gasteiger partial charge in [0.15, 0.2) is 6.61 Å². The molecule has 1 aromatic rings. The summed E-state index contributed by atoms with van der Waals surface area (Å²) in [6.45, 7) is -0.549. The van der Waals surface area contributed by atoms with Crippen LogP contribution in [-0.2, 0) is 23.6 Å². The van der Waals surface area contributed by atoms with Crippen LogP contribution in [0, 0.1) is 5.92 Å². The van der Waals surface area contributed by atoms with E-state index in [4.69, 9.17) is 10.5 Å². The molecular weight excluding hydrogens is 278 g/mol. The number of carbonyl (C=O) groups is 2. The molecule has 2 rings (SSSR count). The summed E-state index contributed by atoms with van der Waals surface area (Å²) in [6, 6.07) is 0. The van der Waals surface area contributed by atoms with Gasteiger partial charge >= 0.3 is 11.7 Å². The maximum atomic E-state index is 12.0. The highest BCUT2D eigenvalue weighted by atomic mass is 16.5. The molecule has 0 amide bonds. The first-order valence-corrected chi connectivity index (χ1v) is 6.60. The second-order valence-corrected chi connectivity index (χ2v) is 5.12. The van der Waals surface area contributed by atoms with Crippen molar-refractivity contribution in [1.82, 2.24) is 9.13 Å². The fourth-order valence-corrected chi connectivity index (χ4v) is 2.09. The first kappa shape index (κ1) is 15.0. The zero-order chi connectivity index (χ0) is 15.7. The number of nitrogen functional groups attached to an aromatic ring is 1. The SMILES string of the molecule is Cn1c(N)c(C(=O)COC(=O)C2CCC2)c(=O)n(C)c1=O. The van der Waals surface area contributed by atoms with Crippen LogP contribution in [-0.4, -0.2) is 27.5 Å². The van der Waals surface area contributed by atoms with Crippen LogP contribution in [0.2, 0.25) is 0 Å². The first-order valence-electron chi connectivity index (χ1n) is 6.60. The topological polar surface area (TPSA) is 113 Å². The molecule has 0 unspecified atom stereocenters. The van der Waals surface area contributed by atoms with Gasteiger partial charge in [-0.15, -0.1) is 0 Å². The molecule has 1 heterocycles. The fourth-order valence-electron chi connectivity index (χ4n) is 2.09. The second kappa shape index (κ2) is 5.55. The third-order valence-corrected chi connectivity index (χ3v) is 3.77. The molecule has 21 heavy (non-hydrogen) atoms. The Morgan fingerprint density at radius 1 is 1.24 bits per heavy atom. The minimum Gasteiger partial charge on any atom is -0.457 e. The van der Waals surface area contributed by atoms with E-state index < -0.39 is 29.6 Å². The molecule has 0 aliphatic heterocycles. The molecular formula is C13H17N3O5. The minimum absolute atomic E-state index is 0.155. The molecule has 114 valence electrons. The van der Waals surface area contributed by atoms with Gasteiger partial charge in [-0.1, -0.05) is 6.42 Å². The van der Waals surface area contributed by atoms with E-state index in [0.29, 0.717) is 0 Å². The van der Waals surface area contributed by atoms with Crippen molar-refractivity contribution in [3.8, 4) is 0 Å². The van der Waals surface area contributed by atoms with E-state index in [1.54, 1.807) is 0 Å². The van der Waals surface area contributed by atoms with Gasteiger partial charge in [-0.05, 0) is 12.8 Å². The second-order valence-electron chi connectivity index (χ2n) is 5.12. The van der Waals surface area contributed by atoms with E-state index in [0.717, 1.165) is 28.4 Å². The molecule has 0 saturated heterocycles. The van der Waals surface area contributed by atoms with Crippen LogP contribution in [0.15, 0.2) is 9.59 Å². The number of hydrogen-bond donors (Lipinski definition) is 1. The summed E-state index contributed by atoms with van der Waals surface area (Å²) in [5.74, 6) is -1.53. The highest BCUT2D eigenvalue weighted by molar-refractivity contribution is 6.01. The van der Waals surface area contributed by atoms with Crippen molar-refractivity contribution >= 4 is 17.6 Å². The van der Waals surface area contributed by atoms with Gasteiger partial charge in [0.2, 0.25) is 5.78 Å². The van der Waals surface area contributed by atoms with Crippen LogP contribution in [0.3, 0.4) is 0 Å². The van der Waals surface area contributed by atoms with Crippen LogP contribution in [0.25, 0.3) is 0 Å². The molecule has 1 aliphatic carbocycles. The normalized spacial score (nSPS) is 14.6. The largest absolute Gasteiger partial charge is 0.457 e. The van der Waals surface area contributed by atoms with Crippen LogP contribution >= 0.6 is 0 Å². The molecule has 1 aliphatic rings. The number of rotatable bonds is 4. The number of carbonyl (C=O) groups excluding carboxylic acids is 2. The summed E-state index contributed by atoms with van der Waals surface area (Å²) in [5, 5.41) is 0. The van der Waals surface area contributed by atoms with Crippen molar-refractivity contribution < 1.29 is 14.3 Å². The average molecular weight is 295 g/mol. The molecule has 0 bridgehead atoms. The molecule has 8 heteroatoms. The summed E-state index contributed by atoms with van der Waals surface area (Å²) < 4.78 is 6.69. The summed E-state index contributed by atoms with van der Waals surface area (Å²) in [7, 11) is 2.61. The van der Waals surface area contributed by atoms with Crippen molar-refractivity contribution in [3.05, 3.63) is 26.4 Å². The van der Waals surface area contributed by atoms with E-state index in [9.17, 15) is 19.2 Å². The Labute approximate surface area is 120 Å². The monoisotopic (exact) mass is 295 g/mol. The van der Waals surface area contributed by atoms with E-state index in [1.807, 2.05) is 0 Å². The number of nitrogens with two attached hydrogens (primary N) is 1. The van der Waals surface area contributed by atoms with Gasteiger partial charge in [0.1, 0.15) is 11.4 Å². The minimum atomic E-state index is -0.791. The van der Waals surface area contributed by atoms with E-state index in [1.165, 1.54) is 14.1 Å². The number of Topliss-reactive ketones (excluding diaryl/α,β-unsaturated/α-hetero) is 1. The Hall–Kier alpha value is -2.38. The van der Waals surface area contributed by atoms with Crippen molar-refractivity contribution in [2.45, 2.75) is 19.3 Å². The highest BCUT2D eigenvalue weighted by Gasteiger charge is 2.28. The quantitative estimate of drug-likeness (QED) is 0.574. The van der Waals surface area contributed by atoms with Crippen molar-refractivity contribution in [3.63, 3.8) is 0 Å². The highest BCUT2D eigenvalue weighted by Crippen LogP contribution is 2.27. The van der Waals surface area contributed by atoms with E-state index in [2.05, 4.69) is 0 Å². The smallest absolute Gasteiger partial charge is 0.332 e. The maximum Gasteiger partial charge on any atom is 0.332 e. The standard InChI is InChI=1S/C13H17N3O5/c1-15-10(14)9(11(18)16(2)13(15)20)8(17)6-21-12(19)7-4-3-5-7/h7H,3-6,14H2,1-2H3. The van der Waals surface area contributed by atoms with Crippen molar-refractivity contribution in [2.24, 2.45) is 20.0 Å². The van der Waals surface area contributed by atoms with Gasteiger partial charge < -0.3 is 10.5 Å². The third-order valence-electron chi connectivity index (χ3n) is 3.77. The maximum absolute atomic E-state index is 12.0. The molecule has 0 spiro atoms. The predicted octanol–water partition coefficient (Wildman–Crippen LogP) is -0.808. The average Bonchev–Trinajstić information content (AvgIpc) is 2.39. The zero-order valence-corrected chi connectivity index (χ0v) is 11.9. The van der Waals surface area contributed by atoms with Crippen LogP contribution in [0.5, 0.6) is 0 Å². The molecule has 2 N–H and O–H groups in total. The number of hydrogen-bond acceptors (Lipinski definition) is 6. The Morgan fingerprint density at radius 3 is 2.38 bits per heavy atom. The summed E-state index contributed by atoms with van der Waals surface area (Å²) in [5.41, 5.74) is 3.90. The van der Waals surface area contributed by atoms with Gasteiger partial charge in [-0.25, -0.2) is 4.79 Å². The molecule has 1 fully saturated rings. The van der Waals surface area contributed by atoms with Crippen molar-refractivity contribution in [2.75, 3.05) is 12.3 Å². The number of ketones is 1. The number of aromatic nitrogens is 2. The molecule has 8 nitrogen and oxygen atoms in total. The lowest BCUT2D eigenvalue weighted by Crippen LogP contribution is -2.42. The summed E-state index contributed by atoms with van der Waals surface area (Å²) >= 11 is 0. The Bertz CT molecular complexity index is 712. The lowest BCUT2D eigenvalue weighted by molar-refractivity contribution is -0.150. The number of nitrogens with zero attached hydrogens (tertiary/aromatic N) is 2. The number of ether oxygens (including phenoxy) is 1. The van der Waals surface area contributed by atoms with Crippen molar-refractivity contribution in [1.29, 1.82) is 0 Å². The summed E-state index contributed by atoms with van der Waals surface area (Å²) in [6.07, 6.45) is 2.50. The lowest BCUT2D eigenvalue weighted by Gasteiger charge is -2.22. The predicted molar refractivity (Wildman–Crippen MR) is 74.0 cm³/mol. The lowest BCUT2D eigenvalue weighted by atomic mass is 9.86. The number of anilines is 1. The fraction of sp³-hybridized carbons (Fsp3) is 0.538. The number of esters is 1. The Kier molecular flexibility index (Phi) is 3.97. The molecule has 1 aromatic heterocycles. The van der Waals surface area contributed by atoms with Crippen LogP contribution in [0.4, 0.5) is 5.82 Å². The third kappa shape index (κ3) is 2.61. The molecule has 0 atom stereocenters. The van der Waals surface area contributed by atoms with Gasteiger partial charge in [0, 0.05) is 14.1 Å². The van der Waals surface area contributed by atoms with Crippen LogP contribution < -0.4 is 17.0 Å². The summed E-state index contributed by atoms with van der Waals surface area (Å²) in [4.78, 5) is 47.2. The van der Waals surface area contributed by atoms with E-state index >= 15 is 0 Å². The molecule has 0 radical (unpaired) electrons. The molecule has 1 saturated carbocycles. The molecule has 0 aromatic carbocycles. The van der Waals surface area contributed by atoms with Gasteiger partial charge in [0.25, 0.3) is 5.56 Å². The van der Waals surface area contributed by atoms with Gasteiger partial charge in [0.05, 0.1) is 5.92 Å². The Balaban J connectivity index is 2.21. The van der Waals surface area contributed by atoms with Gasteiger partial charge in [-0.2, -0.15) is 0 Å². The Morgan fingerprint density at radius 2 is 1.86 bits per heavy atom. The first-order chi connectivity index (χ1) is 9.84. The van der Waals surface area contributed by atoms with Gasteiger partial charge in [-0.3, -0.25) is 23.5 Å². The van der Waals surface area contributed by atoms with E-state index in [-0.39, 0.29) is 17.3 Å². The zero-order valence-electron chi connectivity index (χ0n) is 11.9.